The highest BCUT2D eigenvalue weighted by Crippen LogP contribution is 2.35. The molecule has 36 heavy (non-hydrogen) atoms. The lowest BCUT2D eigenvalue weighted by Gasteiger charge is -2.04. The summed E-state index contributed by atoms with van der Waals surface area (Å²) in [6, 6.07) is 10.7. The van der Waals surface area contributed by atoms with Gasteiger partial charge >= 0.3 is 0 Å². The summed E-state index contributed by atoms with van der Waals surface area (Å²) in [5.74, 6) is 0.346. The molecule has 0 spiro atoms. The lowest BCUT2D eigenvalue weighted by molar-refractivity contribution is -0.387. The molecule has 0 radical (unpaired) electrons. The van der Waals surface area contributed by atoms with Crippen LogP contribution >= 0.6 is 34.9 Å². The van der Waals surface area contributed by atoms with E-state index in [1.807, 2.05) is 29.8 Å². The van der Waals surface area contributed by atoms with Crippen molar-refractivity contribution in [3.05, 3.63) is 64.5 Å². The van der Waals surface area contributed by atoms with Crippen molar-refractivity contribution in [1.82, 2.24) is 19.9 Å². The van der Waals surface area contributed by atoms with Gasteiger partial charge in [-0.05, 0) is 48.0 Å². The highest BCUT2D eigenvalue weighted by atomic mass is 32.2. The number of hydrogen-bond donors (Lipinski definition) is 1. The van der Waals surface area contributed by atoms with Crippen LogP contribution in [0.15, 0.2) is 68.2 Å². The maximum Gasteiger partial charge on any atom is 0.283 e. The van der Waals surface area contributed by atoms with Crippen molar-refractivity contribution in [2.75, 3.05) is 12.3 Å². The number of aryl methyl sites for hydroxylation is 1. The molecule has 0 fully saturated rings. The molecule has 186 valence electrons. The van der Waals surface area contributed by atoms with Gasteiger partial charge in [-0.25, -0.2) is 9.97 Å². The molecule has 2 aromatic carbocycles. The molecule has 2 aromatic heterocycles. The normalized spacial score (nSPS) is 11.4. The summed E-state index contributed by atoms with van der Waals surface area (Å²) in [4.78, 5) is 37.0. The summed E-state index contributed by atoms with van der Waals surface area (Å²) in [7, 11) is 1.84. The highest BCUT2D eigenvalue weighted by Gasteiger charge is 2.17. The molecule has 1 amide bonds. The van der Waals surface area contributed by atoms with Crippen molar-refractivity contribution in [2.24, 2.45) is 12.0 Å². The average Bonchev–Trinajstić information content (AvgIpc) is 3.47. The molecule has 0 aliphatic heterocycles. The number of nitro groups is 1. The summed E-state index contributed by atoms with van der Waals surface area (Å²) in [5, 5.41) is 15.2. The first-order chi connectivity index (χ1) is 17.4. The molecule has 4 aromatic rings. The minimum absolute atomic E-state index is 0.00487. The van der Waals surface area contributed by atoms with E-state index in [0.29, 0.717) is 33.6 Å². The van der Waals surface area contributed by atoms with Crippen LogP contribution in [-0.2, 0) is 11.8 Å². The van der Waals surface area contributed by atoms with E-state index in [1.54, 1.807) is 30.7 Å². The Labute approximate surface area is 220 Å². The van der Waals surface area contributed by atoms with Crippen LogP contribution in [0.4, 0.5) is 11.4 Å². The van der Waals surface area contributed by atoms with Gasteiger partial charge in [0.05, 0.1) is 31.5 Å². The number of carbonyl (C=O) groups excluding carboxylic acids is 1. The summed E-state index contributed by atoms with van der Waals surface area (Å²) in [6.45, 7) is 2.79. The topological polar surface area (TPSA) is 115 Å². The smallest absolute Gasteiger partial charge is 0.283 e. The van der Waals surface area contributed by atoms with Crippen molar-refractivity contribution < 1.29 is 9.72 Å². The van der Waals surface area contributed by atoms with Crippen molar-refractivity contribution in [2.45, 2.75) is 34.2 Å². The van der Waals surface area contributed by atoms with Gasteiger partial charge in [-0.2, -0.15) is 0 Å². The van der Waals surface area contributed by atoms with Crippen LogP contribution in [-0.4, -0.2) is 43.9 Å². The third kappa shape index (κ3) is 6.71. The van der Waals surface area contributed by atoms with Gasteiger partial charge in [-0.15, -0.1) is 11.3 Å². The molecule has 1 N–H and O–H groups in total. The first-order valence-corrected chi connectivity index (χ1v) is 13.8. The van der Waals surface area contributed by atoms with E-state index in [2.05, 4.69) is 27.2 Å². The molecule has 0 aliphatic carbocycles. The van der Waals surface area contributed by atoms with E-state index in [-0.39, 0.29) is 11.6 Å². The summed E-state index contributed by atoms with van der Waals surface area (Å²) in [6.07, 6.45) is 7.08. The van der Waals surface area contributed by atoms with Crippen LogP contribution in [0, 0.1) is 10.1 Å². The molecule has 12 heteroatoms. The number of aliphatic imine (C=N–C) groups is 1. The fourth-order valence-corrected chi connectivity index (χ4v) is 5.98. The molecule has 0 atom stereocenters. The van der Waals surface area contributed by atoms with Gasteiger partial charge in [-0.1, -0.05) is 31.2 Å². The number of hydrogen-bond acceptors (Lipinski definition) is 9. The predicted octanol–water partition coefficient (Wildman–Crippen LogP) is 5.85. The fourth-order valence-electron chi connectivity index (χ4n) is 3.16. The Kier molecular flexibility index (Phi) is 8.73. The van der Waals surface area contributed by atoms with E-state index in [1.165, 1.54) is 40.9 Å². The lowest BCUT2D eigenvalue weighted by Crippen LogP contribution is -2.25. The minimum atomic E-state index is -0.394. The number of benzene rings is 2. The van der Waals surface area contributed by atoms with Crippen LogP contribution in [0.5, 0.6) is 0 Å². The number of imidazole rings is 1. The maximum atomic E-state index is 11.9. The SMILES string of the molecule is CCCCNC(=O)CSc1nc2ccc(N=Cc3ccc(Sc4nccn4C)c([N+](=O)[O-])c3)cc2s1. The van der Waals surface area contributed by atoms with Gasteiger partial charge in [0.25, 0.3) is 5.69 Å². The molecule has 0 bridgehead atoms. The number of nitrogens with zero attached hydrogens (tertiary/aromatic N) is 5. The quantitative estimate of drug-likeness (QED) is 0.0834. The number of rotatable bonds is 11. The maximum absolute atomic E-state index is 11.9. The predicted molar refractivity (Wildman–Crippen MR) is 146 cm³/mol. The number of aromatic nitrogens is 3. The molecule has 9 nitrogen and oxygen atoms in total. The second-order valence-electron chi connectivity index (χ2n) is 7.79. The largest absolute Gasteiger partial charge is 0.355 e. The highest BCUT2D eigenvalue weighted by molar-refractivity contribution is 8.01. The first-order valence-electron chi connectivity index (χ1n) is 11.2. The molecule has 0 saturated heterocycles. The Balaban J connectivity index is 1.44. The number of thioether (sulfide) groups is 1. The molecular formula is C24H24N6O3S3. The molecule has 0 aliphatic rings. The number of unbranched alkanes of at least 4 members (excludes halogenated alkanes) is 1. The Morgan fingerprint density at radius 2 is 2.17 bits per heavy atom. The zero-order valence-corrected chi connectivity index (χ0v) is 22.2. The number of nitrogens with one attached hydrogen (secondary N) is 1. The molecule has 2 heterocycles. The number of thiazole rings is 1. The van der Waals surface area contributed by atoms with Gasteiger partial charge in [0, 0.05) is 38.3 Å². The standard InChI is InChI=1S/C24H24N6O3S3/c1-3-4-9-25-22(31)15-34-24-28-18-7-6-17(13-21(18)36-24)27-14-16-5-8-20(19(12-16)30(32)33)35-23-26-10-11-29(23)2/h5-8,10-14H,3-4,9,15H2,1-2H3,(H,25,31). The van der Waals surface area contributed by atoms with Gasteiger partial charge in [0.1, 0.15) is 0 Å². The average molecular weight is 541 g/mol. The second kappa shape index (κ2) is 12.2. The Morgan fingerprint density at radius 1 is 1.31 bits per heavy atom. The van der Waals surface area contributed by atoms with Crippen LogP contribution in [0.2, 0.25) is 0 Å². The van der Waals surface area contributed by atoms with E-state index in [9.17, 15) is 14.9 Å². The van der Waals surface area contributed by atoms with Crippen LogP contribution in [0.1, 0.15) is 25.3 Å². The number of amides is 1. The monoisotopic (exact) mass is 540 g/mol. The van der Waals surface area contributed by atoms with E-state index in [4.69, 9.17) is 0 Å². The van der Waals surface area contributed by atoms with Gasteiger partial charge in [0.15, 0.2) is 9.50 Å². The third-order valence-corrected chi connectivity index (χ3v) is 8.35. The minimum Gasteiger partial charge on any atom is -0.355 e. The van der Waals surface area contributed by atoms with E-state index < -0.39 is 4.92 Å². The number of nitro benzene ring substituents is 1. The van der Waals surface area contributed by atoms with Gasteiger partial charge in [-0.3, -0.25) is 19.9 Å². The zero-order valence-electron chi connectivity index (χ0n) is 19.7. The van der Waals surface area contributed by atoms with Crippen molar-refractivity contribution in [3.63, 3.8) is 0 Å². The summed E-state index contributed by atoms with van der Waals surface area (Å²) < 4.78 is 3.60. The van der Waals surface area contributed by atoms with Crippen molar-refractivity contribution in [3.8, 4) is 0 Å². The van der Waals surface area contributed by atoms with E-state index in [0.717, 1.165) is 27.4 Å². The van der Waals surface area contributed by atoms with Crippen molar-refractivity contribution in [1.29, 1.82) is 0 Å². The van der Waals surface area contributed by atoms with Gasteiger partial charge < -0.3 is 9.88 Å². The fraction of sp³-hybridized carbons (Fsp3) is 0.250. The lowest BCUT2D eigenvalue weighted by atomic mass is 10.2. The van der Waals surface area contributed by atoms with Crippen molar-refractivity contribution >= 4 is 68.6 Å². The Hall–Kier alpha value is -3.22. The Morgan fingerprint density at radius 3 is 2.92 bits per heavy atom. The van der Waals surface area contributed by atoms with Crippen LogP contribution in [0.3, 0.4) is 0 Å². The molecule has 0 saturated carbocycles. The van der Waals surface area contributed by atoms with Gasteiger partial charge in [0.2, 0.25) is 5.91 Å². The van der Waals surface area contributed by atoms with Crippen LogP contribution < -0.4 is 5.32 Å². The first kappa shape index (κ1) is 25.9. The van der Waals surface area contributed by atoms with E-state index >= 15 is 0 Å². The summed E-state index contributed by atoms with van der Waals surface area (Å²) in [5.41, 5.74) is 2.19. The molecular weight excluding hydrogens is 517 g/mol. The number of carbonyl (C=O) groups is 1. The molecule has 0 unspecified atom stereocenters. The summed E-state index contributed by atoms with van der Waals surface area (Å²) >= 11 is 4.18. The van der Waals surface area contributed by atoms with Crippen LogP contribution in [0.25, 0.3) is 10.2 Å². The third-order valence-electron chi connectivity index (χ3n) is 5.05. The number of fused-ring (bicyclic) bond motifs is 1. The Bertz CT molecular complexity index is 1420. The molecule has 4 rings (SSSR count). The zero-order chi connectivity index (χ0) is 25.5. The second-order valence-corrected chi connectivity index (χ2v) is 11.1.